The maximum absolute atomic E-state index is 12.1. The molecule has 0 atom stereocenters. The number of hydrogen-bond acceptors (Lipinski definition) is 4. The summed E-state index contributed by atoms with van der Waals surface area (Å²) in [5.74, 6) is 0.822. The molecule has 3 rings (SSSR count). The average molecular weight is 257 g/mol. The van der Waals surface area contributed by atoms with Gasteiger partial charge in [0, 0.05) is 5.92 Å². The van der Waals surface area contributed by atoms with Gasteiger partial charge in [-0.15, -0.1) is 5.10 Å². The quantitative estimate of drug-likeness (QED) is 0.742. The van der Waals surface area contributed by atoms with Crippen molar-refractivity contribution < 1.29 is 4.79 Å². The van der Waals surface area contributed by atoms with Crippen LogP contribution in [0.1, 0.15) is 17.0 Å². The molecule has 98 valence electrons. The van der Waals surface area contributed by atoms with Crippen LogP contribution in [0, 0.1) is 5.92 Å². The number of carbonyl (C=O) groups is 1. The lowest BCUT2D eigenvalue weighted by Crippen LogP contribution is -2.31. The third-order valence-electron chi connectivity index (χ3n) is 3.40. The fourth-order valence-corrected chi connectivity index (χ4v) is 2.45. The molecular formula is C13H15N5O. The Labute approximate surface area is 110 Å². The van der Waals surface area contributed by atoms with Crippen LogP contribution in [0.5, 0.6) is 0 Å². The van der Waals surface area contributed by atoms with E-state index in [1.165, 1.54) is 11.1 Å². The van der Waals surface area contributed by atoms with E-state index in [-0.39, 0.29) is 17.8 Å². The summed E-state index contributed by atoms with van der Waals surface area (Å²) >= 11 is 0. The number of nitrogens with two attached hydrogens (primary N) is 1. The summed E-state index contributed by atoms with van der Waals surface area (Å²) in [6, 6.07) is 8.19. The Morgan fingerprint density at radius 2 is 2.05 bits per heavy atom. The van der Waals surface area contributed by atoms with Crippen LogP contribution in [0.25, 0.3) is 0 Å². The van der Waals surface area contributed by atoms with Crippen molar-refractivity contribution in [3.63, 3.8) is 0 Å². The second-order valence-corrected chi connectivity index (χ2v) is 4.73. The summed E-state index contributed by atoms with van der Waals surface area (Å²) in [5.41, 5.74) is 7.94. The molecule has 1 aromatic heterocycles. The molecular weight excluding hydrogens is 242 g/mol. The second kappa shape index (κ2) is 4.72. The van der Waals surface area contributed by atoms with Crippen LogP contribution in [0.15, 0.2) is 24.3 Å². The van der Waals surface area contributed by atoms with E-state index >= 15 is 0 Å². The molecule has 1 aliphatic rings. The van der Waals surface area contributed by atoms with Crippen LogP contribution >= 0.6 is 0 Å². The summed E-state index contributed by atoms with van der Waals surface area (Å²) in [6.45, 7) is 0.329. The zero-order chi connectivity index (χ0) is 13.2. The third kappa shape index (κ3) is 2.42. The van der Waals surface area contributed by atoms with Gasteiger partial charge in [-0.2, -0.15) is 4.98 Å². The highest BCUT2D eigenvalue weighted by Crippen LogP contribution is 2.26. The number of rotatable bonds is 3. The van der Waals surface area contributed by atoms with Gasteiger partial charge in [-0.25, -0.2) is 0 Å². The lowest BCUT2D eigenvalue weighted by Gasteiger charge is -2.08. The van der Waals surface area contributed by atoms with Gasteiger partial charge in [0.05, 0.1) is 6.54 Å². The van der Waals surface area contributed by atoms with E-state index in [4.69, 9.17) is 5.73 Å². The van der Waals surface area contributed by atoms with E-state index in [0.29, 0.717) is 12.4 Å². The van der Waals surface area contributed by atoms with Gasteiger partial charge in [-0.05, 0) is 24.0 Å². The van der Waals surface area contributed by atoms with Crippen LogP contribution in [0.4, 0.5) is 5.95 Å². The van der Waals surface area contributed by atoms with Crippen molar-refractivity contribution in [2.24, 2.45) is 5.92 Å². The Balaban J connectivity index is 1.58. The number of aromatic nitrogens is 3. The van der Waals surface area contributed by atoms with E-state index in [2.05, 4.69) is 32.6 Å². The van der Waals surface area contributed by atoms with Crippen molar-refractivity contribution in [2.75, 3.05) is 5.73 Å². The molecule has 6 nitrogen and oxygen atoms in total. The number of benzene rings is 1. The van der Waals surface area contributed by atoms with Crippen LogP contribution in [0.2, 0.25) is 0 Å². The predicted octanol–water partition coefficient (Wildman–Crippen LogP) is 0.418. The van der Waals surface area contributed by atoms with Gasteiger partial charge in [0.25, 0.3) is 0 Å². The monoisotopic (exact) mass is 257 g/mol. The standard InChI is InChI=1S/C13H15N5O/c14-13-16-11(17-18-13)7-15-12(19)10-5-8-3-1-2-4-9(8)6-10/h1-4,10H,5-7H2,(H,15,19)(H3,14,16,17,18). The Morgan fingerprint density at radius 1 is 1.37 bits per heavy atom. The fraction of sp³-hybridized carbons (Fsp3) is 0.308. The van der Waals surface area contributed by atoms with Gasteiger partial charge < -0.3 is 11.1 Å². The fourth-order valence-electron chi connectivity index (χ4n) is 2.45. The maximum atomic E-state index is 12.1. The predicted molar refractivity (Wildman–Crippen MR) is 70.0 cm³/mol. The molecule has 0 aliphatic heterocycles. The molecule has 2 aromatic rings. The summed E-state index contributed by atoms with van der Waals surface area (Å²) in [4.78, 5) is 16.0. The largest absolute Gasteiger partial charge is 0.367 e. The van der Waals surface area contributed by atoms with Crippen molar-refractivity contribution in [3.8, 4) is 0 Å². The number of hydrogen-bond donors (Lipinski definition) is 3. The van der Waals surface area contributed by atoms with Crippen LogP contribution in [-0.4, -0.2) is 21.1 Å². The lowest BCUT2D eigenvalue weighted by molar-refractivity contribution is -0.124. The average Bonchev–Trinajstić information content (AvgIpc) is 3.01. The molecule has 6 heteroatoms. The number of anilines is 1. The van der Waals surface area contributed by atoms with Gasteiger partial charge in [-0.1, -0.05) is 24.3 Å². The second-order valence-electron chi connectivity index (χ2n) is 4.73. The molecule has 0 radical (unpaired) electrons. The van der Waals surface area contributed by atoms with Gasteiger partial charge >= 0.3 is 0 Å². The van der Waals surface area contributed by atoms with Gasteiger partial charge in [0.15, 0.2) is 0 Å². The molecule has 1 heterocycles. The topological polar surface area (TPSA) is 96.7 Å². The Bertz CT molecular complexity index is 582. The van der Waals surface area contributed by atoms with Crippen LogP contribution < -0.4 is 11.1 Å². The lowest BCUT2D eigenvalue weighted by atomic mass is 10.1. The highest BCUT2D eigenvalue weighted by Gasteiger charge is 2.26. The molecule has 1 aliphatic carbocycles. The smallest absolute Gasteiger partial charge is 0.239 e. The van der Waals surface area contributed by atoms with E-state index in [0.717, 1.165) is 12.8 Å². The zero-order valence-electron chi connectivity index (χ0n) is 10.4. The van der Waals surface area contributed by atoms with Crippen LogP contribution in [0.3, 0.4) is 0 Å². The van der Waals surface area contributed by atoms with Gasteiger partial charge in [0.1, 0.15) is 5.82 Å². The Hall–Kier alpha value is -2.37. The van der Waals surface area contributed by atoms with E-state index < -0.39 is 0 Å². The molecule has 1 amide bonds. The number of fused-ring (bicyclic) bond motifs is 1. The number of nitrogen functional groups attached to an aromatic ring is 1. The first-order chi connectivity index (χ1) is 9.22. The van der Waals surface area contributed by atoms with Gasteiger partial charge in [-0.3, -0.25) is 9.89 Å². The number of nitrogens with one attached hydrogen (secondary N) is 2. The maximum Gasteiger partial charge on any atom is 0.239 e. The molecule has 0 spiro atoms. The molecule has 19 heavy (non-hydrogen) atoms. The zero-order valence-corrected chi connectivity index (χ0v) is 10.4. The van der Waals surface area contributed by atoms with Crippen LogP contribution in [-0.2, 0) is 24.2 Å². The number of H-pyrrole nitrogens is 1. The van der Waals surface area contributed by atoms with Crippen molar-refractivity contribution in [1.29, 1.82) is 0 Å². The minimum absolute atomic E-state index is 0.0117. The van der Waals surface area contributed by atoms with Crippen molar-refractivity contribution in [2.45, 2.75) is 19.4 Å². The molecule has 0 saturated heterocycles. The number of nitrogens with zero attached hydrogens (tertiary/aromatic N) is 2. The Kier molecular flexibility index (Phi) is 2.91. The summed E-state index contributed by atoms with van der Waals surface area (Å²) in [5, 5.41) is 9.24. The highest BCUT2D eigenvalue weighted by molar-refractivity contribution is 5.80. The SMILES string of the molecule is Nc1n[nH]c(CNC(=O)C2Cc3ccccc3C2)n1. The summed E-state index contributed by atoms with van der Waals surface area (Å²) < 4.78 is 0. The minimum Gasteiger partial charge on any atom is -0.367 e. The minimum atomic E-state index is 0.0117. The van der Waals surface area contributed by atoms with Gasteiger partial charge in [0.2, 0.25) is 11.9 Å². The van der Waals surface area contributed by atoms with E-state index in [1.807, 2.05) is 12.1 Å². The normalized spacial score (nSPS) is 14.3. The highest BCUT2D eigenvalue weighted by atomic mass is 16.1. The molecule has 1 aromatic carbocycles. The first kappa shape index (κ1) is 11.7. The van der Waals surface area contributed by atoms with Crippen molar-refractivity contribution in [1.82, 2.24) is 20.5 Å². The molecule has 0 unspecified atom stereocenters. The van der Waals surface area contributed by atoms with Crippen molar-refractivity contribution in [3.05, 3.63) is 41.2 Å². The Morgan fingerprint density at radius 3 is 2.63 bits per heavy atom. The molecule has 0 bridgehead atoms. The van der Waals surface area contributed by atoms with Crippen molar-refractivity contribution >= 4 is 11.9 Å². The number of amides is 1. The first-order valence-corrected chi connectivity index (χ1v) is 6.23. The summed E-state index contributed by atoms with van der Waals surface area (Å²) in [6.07, 6.45) is 1.61. The third-order valence-corrected chi connectivity index (χ3v) is 3.40. The van der Waals surface area contributed by atoms with E-state index in [1.54, 1.807) is 0 Å². The van der Waals surface area contributed by atoms with E-state index in [9.17, 15) is 4.79 Å². The number of carbonyl (C=O) groups excluding carboxylic acids is 1. The summed E-state index contributed by atoms with van der Waals surface area (Å²) in [7, 11) is 0. The molecule has 0 fully saturated rings. The molecule has 0 saturated carbocycles. The first-order valence-electron chi connectivity index (χ1n) is 6.23. The number of aromatic amines is 1. The molecule has 4 N–H and O–H groups in total.